The van der Waals surface area contributed by atoms with E-state index in [0.29, 0.717) is 17.1 Å². The molecule has 0 radical (unpaired) electrons. The molecule has 0 aliphatic heterocycles. The first kappa shape index (κ1) is 18.1. The minimum Gasteiger partial charge on any atom is -0.497 e. The molecule has 2 heterocycles. The van der Waals surface area contributed by atoms with Crippen molar-refractivity contribution in [2.75, 3.05) is 19.0 Å². The normalized spacial score (nSPS) is 10.3. The molecule has 0 bridgehead atoms. The maximum absolute atomic E-state index is 11.9. The van der Waals surface area contributed by atoms with E-state index < -0.39 is 11.9 Å². The number of carbonyl (C=O) groups excluding carboxylic acids is 2. The minimum atomic E-state index is -0.488. The van der Waals surface area contributed by atoms with Crippen LogP contribution in [0, 0.1) is 0 Å². The van der Waals surface area contributed by atoms with Crippen molar-refractivity contribution in [3.8, 4) is 15.6 Å². The summed E-state index contributed by atoms with van der Waals surface area (Å²) in [6.07, 6.45) is 0.0394. The lowest BCUT2D eigenvalue weighted by Gasteiger charge is -2.07. The van der Waals surface area contributed by atoms with Gasteiger partial charge in [-0.15, -0.1) is 22.7 Å². The third-order valence-electron chi connectivity index (χ3n) is 3.35. The number of hydrogen-bond donors (Lipinski definition) is 1. The maximum Gasteiger partial charge on any atom is 0.312 e. The highest BCUT2D eigenvalue weighted by Gasteiger charge is 2.12. The van der Waals surface area contributed by atoms with E-state index in [0.717, 1.165) is 9.88 Å². The van der Waals surface area contributed by atoms with Gasteiger partial charge in [0.1, 0.15) is 10.8 Å². The number of nitrogens with one attached hydrogen (secondary N) is 1. The van der Waals surface area contributed by atoms with Gasteiger partial charge < -0.3 is 14.8 Å². The van der Waals surface area contributed by atoms with Gasteiger partial charge in [-0.3, -0.25) is 9.59 Å². The monoisotopic (exact) mass is 388 g/mol. The zero-order valence-corrected chi connectivity index (χ0v) is 15.6. The maximum atomic E-state index is 11.9. The number of thiophene rings is 1. The predicted molar refractivity (Wildman–Crippen MR) is 102 cm³/mol. The Morgan fingerprint density at radius 2 is 1.96 bits per heavy atom. The zero-order chi connectivity index (χ0) is 18.4. The van der Waals surface area contributed by atoms with Crippen molar-refractivity contribution < 1.29 is 19.1 Å². The van der Waals surface area contributed by atoms with Crippen LogP contribution in [-0.2, 0) is 20.7 Å². The lowest BCUT2D eigenvalue weighted by molar-refractivity contribution is -0.146. The summed E-state index contributed by atoms with van der Waals surface area (Å²) in [4.78, 5) is 29.2. The predicted octanol–water partition coefficient (Wildman–Crippen LogP) is 3.60. The van der Waals surface area contributed by atoms with E-state index in [4.69, 9.17) is 9.47 Å². The molecule has 1 N–H and O–H groups in total. The molecule has 26 heavy (non-hydrogen) atoms. The van der Waals surface area contributed by atoms with Crippen LogP contribution in [0.15, 0.2) is 47.2 Å². The number of amides is 1. The number of ether oxygens (including phenoxy) is 2. The number of benzene rings is 1. The van der Waals surface area contributed by atoms with E-state index in [1.165, 1.54) is 11.3 Å². The van der Waals surface area contributed by atoms with Crippen molar-refractivity contribution >= 4 is 40.2 Å². The van der Waals surface area contributed by atoms with Crippen LogP contribution in [0.5, 0.6) is 5.75 Å². The largest absolute Gasteiger partial charge is 0.497 e. The second-order valence-electron chi connectivity index (χ2n) is 5.24. The van der Waals surface area contributed by atoms with Gasteiger partial charge in [0.25, 0.3) is 5.91 Å². The molecule has 1 amide bonds. The van der Waals surface area contributed by atoms with Crippen molar-refractivity contribution in [3.63, 3.8) is 0 Å². The Balaban J connectivity index is 1.45. The second-order valence-corrected chi connectivity index (χ2v) is 7.04. The van der Waals surface area contributed by atoms with Gasteiger partial charge in [0.15, 0.2) is 6.61 Å². The molecule has 0 unspecified atom stereocenters. The van der Waals surface area contributed by atoms with Gasteiger partial charge in [-0.1, -0.05) is 6.07 Å². The Hall–Kier alpha value is -2.71. The zero-order valence-electron chi connectivity index (χ0n) is 13.9. The van der Waals surface area contributed by atoms with Crippen molar-refractivity contribution in [3.05, 3.63) is 52.9 Å². The number of hydrogen-bond acceptors (Lipinski definition) is 7. The minimum absolute atomic E-state index is 0.0394. The van der Waals surface area contributed by atoms with Crippen LogP contribution in [0.2, 0.25) is 0 Å². The smallest absolute Gasteiger partial charge is 0.312 e. The molecule has 0 spiro atoms. The van der Waals surface area contributed by atoms with Crippen LogP contribution in [0.3, 0.4) is 0 Å². The standard InChI is InChI=1S/C18H16N2O4S2/c1-23-14-6-4-12(5-7-14)19-16(21)10-24-17(22)9-13-11-26-18(20-13)15-3-2-8-25-15/h2-8,11H,9-10H2,1H3,(H,19,21). The van der Waals surface area contributed by atoms with E-state index in [9.17, 15) is 9.59 Å². The number of nitrogens with zero attached hydrogens (tertiary/aromatic N) is 1. The topological polar surface area (TPSA) is 77.5 Å². The molecule has 0 atom stereocenters. The Bertz CT molecular complexity index is 873. The van der Waals surface area contributed by atoms with Gasteiger partial charge in [0.05, 0.1) is 24.1 Å². The van der Waals surface area contributed by atoms with Crippen molar-refractivity contribution in [1.29, 1.82) is 0 Å². The van der Waals surface area contributed by atoms with Crippen molar-refractivity contribution in [2.24, 2.45) is 0 Å². The molecule has 0 saturated heterocycles. The lowest BCUT2D eigenvalue weighted by Crippen LogP contribution is -2.21. The highest BCUT2D eigenvalue weighted by molar-refractivity contribution is 7.20. The Morgan fingerprint density at radius 3 is 2.65 bits per heavy atom. The molecule has 8 heteroatoms. The third kappa shape index (κ3) is 4.90. The van der Waals surface area contributed by atoms with Crippen LogP contribution in [0.25, 0.3) is 9.88 Å². The SMILES string of the molecule is COc1ccc(NC(=O)COC(=O)Cc2csc(-c3cccs3)n2)cc1. The van der Waals surface area contributed by atoms with Crippen LogP contribution < -0.4 is 10.1 Å². The molecule has 134 valence electrons. The molecule has 3 rings (SSSR count). The van der Waals surface area contributed by atoms with Crippen LogP contribution in [0.1, 0.15) is 5.69 Å². The van der Waals surface area contributed by atoms with Crippen LogP contribution in [0.4, 0.5) is 5.69 Å². The number of aromatic nitrogens is 1. The quantitative estimate of drug-likeness (QED) is 0.626. The Morgan fingerprint density at radius 1 is 1.15 bits per heavy atom. The van der Waals surface area contributed by atoms with Gasteiger partial charge in [0, 0.05) is 11.1 Å². The fourth-order valence-electron chi connectivity index (χ4n) is 2.12. The van der Waals surface area contributed by atoms with Gasteiger partial charge in [0.2, 0.25) is 0 Å². The number of rotatable bonds is 7. The summed E-state index contributed by atoms with van der Waals surface area (Å²) in [6.45, 7) is -0.340. The molecule has 0 aliphatic carbocycles. The third-order valence-corrected chi connectivity index (χ3v) is 5.28. The fraction of sp³-hybridized carbons (Fsp3) is 0.167. The highest BCUT2D eigenvalue weighted by atomic mass is 32.1. The molecule has 0 aliphatic rings. The first-order chi connectivity index (χ1) is 12.6. The van der Waals surface area contributed by atoms with Gasteiger partial charge in [-0.25, -0.2) is 4.98 Å². The first-order valence-electron chi connectivity index (χ1n) is 7.72. The molecule has 6 nitrogen and oxygen atoms in total. The molecule has 2 aromatic heterocycles. The lowest BCUT2D eigenvalue weighted by atomic mass is 10.3. The van der Waals surface area contributed by atoms with Gasteiger partial charge in [-0.05, 0) is 35.7 Å². The number of thiazole rings is 1. The van der Waals surface area contributed by atoms with E-state index >= 15 is 0 Å². The van der Waals surface area contributed by atoms with Gasteiger partial charge >= 0.3 is 5.97 Å². The van der Waals surface area contributed by atoms with E-state index in [1.807, 2.05) is 22.9 Å². The summed E-state index contributed by atoms with van der Waals surface area (Å²) in [5.41, 5.74) is 1.24. The van der Waals surface area contributed by atoms with Gasteiger partial charge in [-0.2, -0.15) is 0 Å². The Labute approximate surface area is 158 Å². The molecule has 1 aromatic carbocycles. The number of methoxy groups -OCH3 is 1. The first-order valence-corrected chi connectivity index (χ1v) is 9.48. The summed E-state index contributed by atoms with van der Waals surface area (Å²) >= 11 is 3.08. The molecule has 0 saturated carbocycles. The fourth-order valence-corrected chi connectivity index (χ4v) is 3.75. The van der Waals surface area contributed by atoms with E-state index in [2.05, 4.69) is 10.3 Å². The molecule has 3 aromatic rings. The Kier molecular flexibility index (Phi) is 5.98. The van der Waals surface area contributed by atoms with E-state index in [-0.39, 0.29) is 13.0 Å². The molecular weight excluding hydrogens is 372 g/mol. The second kappa shape index (κ2) is 8.59. The van der Waals surface area contributed by atoms with Crippen molar-refractivity contribution in [2.45, 2.75) is 6.42 Å². The summed E-state index contributed by atoms with van der Waals surface area (Å²) < 4.78 is 10.1. The molecular formula is C18H16N2O4S2. The average Bonchev–Trinajstić information content (AvgIpc) is 3.32. The summed E-state index contributed by atoms with van der Waals surface area (Å²) in [6, 6.07) is 10.8. The highest BCUT2D eigenvalue weighted by Crippen LogP contribution is 2.27. The summed E-state index contributed by atoms with van der Waals surface area (Å²) in [5, 5.41) is 7.33. The number of anilines is 1. The number of esters is 1. The van der Waals surface area contributed by atoms with E-state index in [1.54, 1.807) is 42.7 Å². The van der Waals surface area contributed by atoms with Crippen LogP contribution in [-0.4, -0.2) is 30.6 Å². The molecule has 0 fully saturated rings. The average molecular weight is 388 g/mol. The van der Waals surface area contributed by atoms with Crippen LogP contribution >= 0.6 is 22.7 Å². The summed E-state index contributed by atoms with van der Waals surface area (Å²) in [7, 11) is 1.57. The summed E-state index contributed by atoms with van der Waals surface area (Å²) in [5.74, 6) is -0.196. The number of carbonyl (C=O) groups is 2. The van der Waals surface area contributed by atoms with Crippen molar-refractivity contribution in [1.82, 2.24) is 4.98 Å².